The molecule has 0 spiro atoms. The summed E-state index contributed by atoms with van der Waals surface area (Å²) < 4.78 is 13.1. The molecule has 1 N–H and O–H groups in total. The highest BCUT2D eigenvalue weighted by molar-refractivity contribution is 5.79. The van der Waals surface area contributed by atoms with Crippen molar-refractivity contribution in [3.63, 3.8) is 0 Å². The largest absolute Gasteiger partial charge is 0.355 e. The standard InChI is InChI=1S/C19H28FN3O2/c1-4-21-18(24)13-22-10-9-19(25)23(17(12-22)14(2)3)11-15-5-7-16(20)8-6-15/h5-8,14,17H,4,9-13H2,1-3H3,(H,21,24)/t17-/m0/s1. The maximum absolute atomic E-state index is 13.1. The minimum Gasteiger partial charge on any atom is -0.355 e. The maximum atomic E-state index is 13.1. The highest BCUT2D eigenvalue weighted by Crippen LogP contribution is 2.21. The average Bonchev–Trinajstić information content (AvgIpc) is 2.70. The molecule has 0 unspecified atom stereocenters. The van der Waals surface area contributed by atoms with Crippen molar-refractivity contribution in [2.45, 2.75) is 39.8 Å². The van der Waals surface area contributed by atoms with E-state index in [9.17, 15) is 14.0 Å². The second kappa shape index (κ2) is 8.94. The minimum absolute atomic E-state index is 0.00978. The molecule has 5 nitrogen and oxygen atoms in total. The van der Waals surface area contributed by atoms with Crippen LogP contribution in [0.3, 0.4) is 0 Å². The molecule has 0 saturated carbocycles. The third-order valence-corrected chi connectivity index (χ3v) is 4.58. The molecule has 1 fully saturated rings. The first-order valence-corrected chi connectivity index (χ1v) is 8.93. The first-order chi connectivity index (χ1) is 11.9. The fraction of sp³-hybridized carbons (Fsp3) is 0.579. The zero-order valence-corrected chi connectivity index (χ0v) is 15.3. The van der Waals surface area contributed by atoms with Crippen LogP contribution in [-0.2, 0) is 16.1 Å². The molecule has 0 bridgehead atoms. The van der Waals surface area contributed by atoms with Gasteiger partial charge in [-0.15, -0.1) is 0 Å². The topological polar surface area (TPSA) is 52.7 Å². The zero-order chi connectivity index (χ0) is 18.4. The molecule has 1 aromatic rings. The van der Waals surface area contributed by atoms with Crippen molar-refractivity contribution < 1.29 is 14.0 Å². The fourth-order valence-electron chi connectivity index (χ4n) is 3.20. The van der Waals surface area contributed by atoms with Gasteiger partial charge in [0.2, 0.25) is 11.8 Å². The molecule has 0 aromatic heterocycles. The molecule has 25 heavy (non-hydrogen) atoms. The SMILES string of the molecule is CCNC(=O)CN1CCC(=O)N(Cc2ccc(F)cc2)[C@H](C(C)C)C1. The van der Waals surface area contributed by atoms with Gasteiger partial charge in [0.1, 0.15) is 5.82 Å². The van der Waals surface area contributed by atoms with Crippen molar-refractivity contribution in [2.24, 2.45) is 5.92 Å². The number of nitrogens with zero attached hydrogens (tertiary/aromatic N) is 2. The first-order valence-electron chi connectivity index (χ1n) is 8.93. The van der Waals surface area contributed by atoms with Crippen molar-refractivity contribution in [2.75, 3.05) is 26.2 Å². The number of carbonyl (C=O) groups is 2. The van der Waals surface area contributed by atoms with Gasteiger partial charge in [-0.2, -0.15) is 0 Å². The van der Waals surface area contributed by atoms with Crippen LogP contribution in [0.1, 0.15) is 32.8 Å². The molecule has 6 heteroatoms. The van der Waals surface area contributed by atoms with E-state index >= 15 is 0 Å². The van der Waals surface area contributed by atoms with E-state index in [4.69, 9.17) is 0 Å². The zero-order valence-electron chi connectivity index (χ0n) is 15.3. The predicted molar refractivity (Wildman–Crippen MR) is 95.3 cm³/mol. The number of carbonyl (C=O) groups excluding carboxylic acids is 2. The highest BCUT2D eigenvalue weighted by atomic mass is 19.1. The summed E-state index contributed by atoms with van der Waals surface area (Å²) in [6.45, 7) is 8.71. The molecule has 1 aliphatic rings. The summed E-state index contributed by atoms with van der Waals surface area (Å²) in [5, 5.41) is 2.81. The van der Waals surface area contributed by atoms with E-state index in [0.29, 0.717) is 39.1 Å². The third-order valence-electron chi connectivity index (χ3n) is 4.58. The van der Waals surface area contributed by atoms with Gasteiger partial charge >= 0.3 is 0 Å². The lowest BCUT2D eigenvalue weighted by Gasteiger charge is -2.34. The van der Waals surface area contributed by atoms with E-state index in [-0.39, 0.29) is 29.6 Å². The normalized spacial score (nSPS) is 19.2. The second-order valence-corrected chi connectivity index (χ2v) is 6.90. The number of amides is 2. The second-order valence-electron chi connectivity index (χ2n) is 6.90. The molecular formula is C19H28FN3O2. The Morgan fingerprint density at radius 2 is 2.00 bits per heavy atom. The molecule has 2 amide bonds. The van der Waals surface area contributed by atoms with Crippen LogP contribution < -0.4 is 5.32 Å². The average molecular weight is 349 g/mol. The van der Waals surface area contributed by atoms with Crippen LogP contribution in [0.4, 0.5) is 4.39 Å². The lowest BCUT2D eigenvalue weighted by Crippen LogP contribution is -2.47. The van der Waals surface area contributed by atoms with Gasteiger partial charge < -0.3 is 10.2 Å². The van der Waals surface area contributed by atoms with Crippen molar-refractivity contribution >= 4 is 11.8 Å². The van der Waals surface area contributed by atoms with Crippen LogP contribution in [0.15, 0.2) is 24.3 Å². The Kier molecular flexibility index (Phi) is 6.93. The summed E-state index contributed by atoms with van der Waals surface area (Å²) in [6, 6.07) is 6.30. The molecule has 1 aliphatic heterocycles. The fourth-order valence-corrected chi connectivity index (χ4v) is 3.20. The third kappa shape index (κ3) is 5.53. The molecule has 1 aromatic carbocycles. The van der Waals surface area contributed by atoms with E-state index in [1.807, 2.05) is 11.8 Å². The lowest BCUT2D eigenvalue weighted by atomic mass is 10.0. The number of hydrogen-bond acceptors (Lipinski definition) is 3. The number of hydrogen-bond donors (Lipinski definition) is 1. The summed E-state index contributed by atoms with van der Waals surface area (Å²) in [5.74, 6) is 0.0598. The Bertz CT molecular complexity index is 589. The van der Waals surface area contributed by atoms with Crippen molar-refractivity contribution in [3.8, 4) is 0 Å². The summed E-state index contributed by atoms with van der Waals surface area (Å²) in [6.07, 6.45) is 0.393. The minimum atomic E-state index is -0.278. The quantitative estimate of drug-likeness (QED) is 0.855. The van der Waals surface area contributed by atoms with Crippen LogP contribution in [0.5, 0.6) is 0 Å². The summed E-state index contributed by atoms with van der Waals surface area (Å²) in [5.41, 5.74) is 0.914. The Morgan fingerprint density at radius 1 is 1.32 bits per heavy atom. The monoisotopic (exact) mass is 349 g/mol. The number of rotatable bonds is 6. The van der Waals surface area contributed by atoms with Crippen molar-refractivity contribution in [1.82, 2.24) is 15.1 Å². The molecule has 1 heterocycles. The van der Waals surface area contributed by atoms with Crippen LogP contribution in [0, 0.1) is 11.7 Å². The van der Waals surface area contributed by atoms with Crippen LogP contribution in [0.2, 0.25) is 0 Å². The lowest BCUT2D eigenvalue weighted by molar-refractivity contribution is -0.134. The Balaban J connectivity index is 2.13. The number of halogens is 1. The van der Waals surface area contributed by atoms with E-state index in [1.165, 1.54) is 12.1 Å². The van der Waals surface area contributed by atoms with E-state index in [2.05, 4.69) is 24.1 Å². The van der Waals surface area contributed by atoms with Crippen LogP contribution >= 0.6 is 0 Å². The highest BCUT2D eigenvalue weighted by Gasteiger charge is 2.32. The van der Waals surface area contributed by atoms with Gasteiger partial charge in [-0.05, 0) is 30.5 Å². The van der Waals surface area contributed by atoms with Gasteiger partial charge in [0.05, 0.1) is 6.54 Å². The van der Waals surface area contributed by atoms with Gasteiger partial charge in [0.25, 0.3) is 0 Å². The number of nitrogens with one attached hydrogen (secondary N) is 1. The van der Waals surface area contributed by atoms with Crippen LogP contribution in [-0.4, -0.2) is 53.8 Å². The predicted octanol–water partition coefficient (Wildman–Crippen LogP) is 2.02. The van der Waals surface area contributed by atoms with Crippen molar-refractivity contribution in [3.05, 3.63) is 35.6 Å². The number of likely N-dealkylation sites (N-methyl/N-ethyl adjacent to an activating group) is 1. The smallest absolute Gasteiger partial charge is 0.234 e. The van der Waals surface area contributed by atoms with E-state index < -0.39 is 0 Å². The Hall–Kier alpha value is -1.95. The van der Waals surface area contributed by atoms with E-state index in [1.54, 1.807) is 12.1 Å². The molecule has 2 rings (SSSR count). The molecule has 0 aliphatic carbocycles. The summed E-state index contributed by atoms with van der Waals surface area (Å²) in [4.78, 5) is 28.5. The molecule has 1 saturated heterocycles. The van der Waals surface area contributed by atoms with Gasteiger partial charge in [-0.3, -0.25) is 14.5 Å². The molecule has 1 atom stereocenters. The molecular weight excluding hydrogens is 321 g/mol. The van der Waals surface area contributed by atoms with E-state index in [0.717, 1.165) is 5.56 Å². The van der Waals surface area contributed by atoms with Gasteiger partial charge in [-0.25, -0.2) is 4.39 Å². The molecule has 0 radical (unpaired) electrons. The molecule has 138 valence electrons. The van der Waals surface area contributed by atoms with Gasteiger partial charge in [0, 0.05) is 38.6 Å². The van der Waals surface area contributed by atoms with Crippen LogP contribution in [0.25, 0.3) is 0 Å². The maximum Gasteiger partial charge on any atom is 0.234 e. The summed E-state index contributed by atoms with van der Waals surface area (Å²) in [7, 11) is 0. The first kappa shape index (κ1) is 19.4. The van der Waals surface area contributed by atoms with Gasteiger partial charge in [-0.1, -0.05) is 26.0 Å². The summed E-state index contributed by atoms with van der Waals surface area (Å²) >= 11 is 0. The van der Waals surface area contributed by atoms with Crippen molar-refractivity contribution in [1.29, 1.82) is 0 Å². The Labute approximate surface area is 149 Å². The van der Waals surface area contributed by atoms with Gasteiger partial charge in [0.15, 0.2) is 0 Å². The Morgan fingerprint density at radius 3 is 2.60 bits per heavy atom. The number of benzene rings is 1.